The lowest BCUT2D eigenvalue weighted by molar-refractivity contribution is 1.07. The van der Waals surface area contributed by atoms with Gasteiger partial charge in [0.25, 0.3) is 0 Å². The molecule has 8 aromatic heterocycles. The van der Waals surface area contributed by atoms with Crippen molar-refractivity contribution < 1.29 is 0 Å². The van der Waals surface area contributed by atoms with E-state index < -0.39 is 0 Å². The number of hydrogen-bond acceptors (Lipinski definition) is 7. The van der Waals surface area contributed by atoms with E-state index in [1.807, 2.05) is 53.0 Å². The number of rotatable bonds is 14. The van der Waals surface area contributed by atoms with E-state index in [9.17, 15) is 0 Å². The summed E-state index contributed by atoms with van der Waals surface area (Å²) in [5, 5.41) is 12.2. The summed E-state index contributed by atoms with van der Waals surface area (Å²) < 4.78 is 9.56. The molecule has 0 fully saturated rings. The van der Waals surface area contributed by atoms with Crippen LogP contribution in [0, 0.1) is 0 Å². The zero-order chi connectivity index (χ0) is 86.4. The first kappa shape index (κ1) is 76.5. The first-order chi connectivity index (χ1) is 65.0. The number of thiophene rings is 2. The highest BCUT2D eigenvalue weighted by Gasteiger charge is 2.27. The highest BCUT2D eigenvalue weighted by atomic mass is 32.1. The molecule has 0 aliphatic rings. The number of benzene rings is 18. The van der Waals surface area contributed by atoms with Crippen LogP contribution in [0.15, 0.2) is 461 Å². The normalized spacial score (nSPS) is 11.7. The SMILES string of the molecule is c1ccc(-c2nc(-c3ccc(-c4cccc(-c5nc6ccccc6c6c(-c7ccccc7)c(-c7ccccc7)sc56)c4)cc3)nc(-c3cccc(-n4c5ccccc5c5ccccc54)c3)n2)cc1.c1ccc(-c2sc3c(-c4cccc(-c5cc(-n6c7ccccc7c7ccccc76)cc(-n6c7ccccc7c7ccccc76)c5)c4)nc4ccccc4c3c2-c2ccccc2)cc1. The zero-order valence-electron chi connectivity index (χ0n) is 70.8. The third kappa shape index (κ3) is 13.4. The van der Waals surface area contributed by atoms with Crippen molar-refractivity contribution in [2.24, 2.45) is 0 Å². The molecule has 0 aliphatic carbocycles. The van der Waals surface area contributed by atoms with E-state index in [0.717, 1.165) is 106 Å². The number of aromatic nitrogens is 8. The second kappa shape index (κ2) is 32.2. The van der Waals surface area contributed by atoms with Crippen LogP contribution in [0.1, 0.15) is 0 Å². The van der Waals surface area contributed by atoms with E-state index in [0.29, 0.717) is 17.5 Å². The average molecular weight is 1710 g/mol. The molecule has 0 amide bonds. The summed E-state index contributed by atoms with van der Waals surface area (Å²) in [7, 11) is 0. The fourth-order valence-corrected chi connectivity index (χ4v) is 22.3. The van der Waals surface area contributed by atoms with E-state index in [4.69, 9.17) is 24.9 Å². The molecule has 10 heteroatoms. The monoisotopic (exact) mass is 1700 g/mol. The lowest BCUT2D eigenvalue weighted by Crippen LogP contribution is -2.01. The Labute approximate surface area is 763 Å². The topological polar surface area (TPSA) is 79.2 Å². The van der Waals surface area contributed by atoms with Gasteiger partial charge in [0, 0.05) is 120 Å². The summed E-state index contributed by atoms with van der Waals surface area (Å²) in [6.45, 7) is 0. The quantitative estimate of drug-likeness (QED) is 0.108. The number of nitrogens with zero attached hydrogens (tertiary/aromatic N) is 8. The van der Waals surface area contributed by atoms with Crippen molar-refractivity contribution in [2.45, 2.75) is 0 Å². The molecule has 612 valence electrons. The maximum atomic E-state index is 5.51. The Morgan fingerprint density at radius 2 is 0.443 bits per heavy atom. The minimum absolute atomic E-state index is 0.611. The van der Waals surface area contributed by atoms with Gasteiger partial charge in [-0.1, -0.05) is 370 Å². The Bertz CT molecular complexity index is 8670. The Hall–Kier alpha value is -16.9. The van der Waals surface area contributed by atoms with E-state index in [1.54, 1.807) is 0 Å². The molecule has 131 heavy (non-hydrogen) atoms. The van der Waals surface area contributed by atoms with Crippen LogP contribution in [0.4, 0.5) is 0 Å². The first-order valence-corrected chi connectivity index (χ1v) is 45.9. The van der Waals surface area contributed by atoms with Crippen LogP contribution in [0.25, 0.3) is 247 Å². The second-order valence-electron chi connectivity index (χ2n) is 33.2. The van der Waals surface area contributed by atoms with Crippen molar-refractivity contribution in [1.29, 1.82) is 0 Å². The molecule has 0 aliphatic heterocycles. The number of para-hydroxylation sites is 8. The van der Waals surface area contributed by atoms with Crippen LogP contribution < -0.4 is 0 Å². The van der Waals surface area contributed by atoms with E-state index in [2.05, 4.69) is 444 Å². The Morgan fingerprint density at radius 1 is 0.168 bits per heavy atom. The van der Waals surface area contributed by atoms with Gasteiger partial charge in [0.15, 0.2) is 17.5 Å². The fourth-order valence-electron chi connectivity index (χ4n) is 19.6. The van der Waals surface area contributed by atoms with Gasteiger partial charge in [-0.25, -0.2) is 24.9 Å². The highest BCUT2D eigenvalue weighted by molar-refractivity contribution is 7.24. The van der Waals surface area contributed by atoms with Crippen LogP contribution >= 0.6 is 22.7 Å². The molecular formula is C121H76N8S2. The summed E-state index contributed by atoms with van der Waals surface area (Å²) in [6.07, 6.45) is 0. The van der Waals surface area contributed by atoms with Gasteiger partial charge in [-0.3, -0.25) is 0 Å². The van der Waals surface area contributed by atoms with E-state index >= 15 is 0 Å². The van der Waals surface area contributed by atoms with Crippen LogP contribution in [0.2, 0.25) is 0 Å². The molecule has 0 radical (unpaired) electrons. The maximum Gasteiger partial charge on any atom is 0.164 e. The molecule has 8 nitrogen and oxygen atoms in total. The summed E-state index contributed by atoms with van der Waals surface area (Å²) in [5.74, 6) is 1.85. The molecule has 0 unspecified atom stereocenters. The molecule has 8 heterocycles. The molecule has 26 rings (SSSR count). The molecule has 0 saturated carbocycles. The van der Waals surface area contributed by atoms with Gasteiger partial charge in [0.2, 0.25) is 0 Å². The Kier molecular flexibility index (Phi) is 18.8. The van der Waals surface area contributed by atoms with Crippen LogP contribution in [0.3, 0.4) is 0 Å². The summed E-state index contributed by atoms with van der Waals surface area (Å²) in [4.78, 5) is 28.7. The zero-order valence-corrected chi connectivity index (χ0v) is 72.4. The molecule has 0 atom stereocenters. The Balaban J connectivity index is 0.000000141. The lowest BCUT2D eigenvalue weighted by Gasteiger charge is -2.16. The third-order valence-corrected chi connectivity index (χ3v) is 28.0. The Morgan fingerprint density at radius 3 is 0.840 bits per heavy atom. The molecule has 26 aromatic rings. The molecule has 0 saturated heterocycles. The van der Waals surface area contributed by atoms with Crippen molar-refractivity contribution in [1.82, 2.24) is 38.6 Å². The summed E-state index contributed by atoms with van der Waals surface area (Å²) in [6, 6.07) is 165. The standard InChI is InChI=1S/C62H39N5S.C59H37N3S/c1-4-18-41(19-5-1)55-56-51-30-10-13-31-52(51)63-57(59(56)68-58(55)42-20-6-2-7-21-42)46-25-16-24-45(38-46)40-34-36-44(37-35-40)61-64-60(43-22-8-3-9-23-43)65-62(66-61)47-26-17-27-48(39-47)67-53-32-14-11-28-49(53)50-29-12-15-33-54(50)67;1-3-18-38(19-4-1)55-56-49-28-7-12-29-50(49)60-57(59(56)63-58(55)39-20-5-2-6-21-39)41-23-17-22-40(34-41)42-35-43(61-51-30-13-8-24-45(51)46-25-9-14-31-52(46)61)37-44(36-42)62-53-32-15-10-26-47(53)48-27-11-16-33-54(48)62/h1-39H;1-37H. The molecule has 0 spiro atoms. The fraction of sp³-hybridized carbons (Fsp3) is 0. The predicted molar refractivity (Wildman–Crippen MR) is 550 cm³/mol. The number of hydrogen-bond donors (Lipinski definition) is 0. The molecule has 0 N–H and O–H groups in total. The van der Waals surface area contributed by atoms with Crippen molar-refractivity contribution in [3.05, 3.63) is 461 Å². The van der Waals surface area contributed by atoms with Gasteiger partial charge in [0.1, 0.15) is 0 Å². The highest BCUT2D eigenvalue weighted by Crippen LogP contribution is 2.53. The number of pyridine rings is 2. The first-order valence-electron chi connectivity index (χ1n) is 44.3. The van der Waals surface area contributed by atoms with Gasteiger partial charge in [-0.05, 0) is 136 Å². The van der Waals surface area contributed by atoms with Gasteiger partial charge in [-0.2, -0.15) is 0 Å². The van der Waals surface area contributed by atoms with Crippen molar-refractivity contribution in [3.63, 3.8) is 0 Å². The van der Waals surface area contributed by atoms with Crippen molar-refractivity contribution in [3.8, 4) is 139 Å². The predicted octanol–water partition coefficient (Wildman–Crippen LogP) is 32.7. The summed E-state index contributed by atoms with van der Waals surface area (Å²) in [5.41, 5.74) is 30.9. The molecule has 18 aromatic carbocycles. The minimum atomic E-state index is 0.611. The van der Waals surface area contributed by atoms with Crippen LogP contribution in [0.5, 0.6) is 0 Å². The minimum Gasteiger partial charge on any atom is -0.309 e. The van der Waals surface area contributed by atoms with Crippen LogP contribution in [-0.4, -0.2) is 38.6 Å². The number of fused-ring (bicyclic) bond motifs is 15. The average Bonchev–Trinajstić information content (AvgIpc) is 1.61. The lowest BCUT2D eigenvalue weighted by atomic mass is 9.95. The van der Waals surface area contributed by atoms with Crippen molar-refractivity contribution >= 4 is 130 Å². The molecular weight excluding hydrogens is 1630 g/mol. The van der Waals surface area contributed by atoms with Gasteiger partial charge < -0.3 is 13.7 Å². The van der Waals surface area contributed by atoms with Gasteiger partial charge >= 0.3 is 0 Å². The maximum absolute atomic E-state index is 5.51. The van der Waals surface area contributed by atoms with Gasteiger partial charge in [0.05, 0.1) is 64.9 Å². The molecule has 0 bridgehead atoms. The van der Waals surface area contributed by atoms with Gasteiger partial charge in [-0.15, -0.1) is 22.7 Å². The second-order valence-corrected chi connectivity index (χ2v) is 35.3. The van der Waals surface area contributed by atoms with Crippen molar-refractivity contribution in [2.75, 3.05) is 0 Å². The van der Waals surface area contributed by atoms with Crippen LogP contribution in [-0.2, 0) is 0 Å². The van der Waals surface area contributed by atoms with E-state index in [-0.39, 0.29) is 0 Å². The summed E-state index contributed by atoms with van der Waals surface area (Å²) >= 11 is 3.67. The van der Waals surface area contributed by atoms with E-state index in [1.165, 1.54) is 123 Å². The smallest absolute Gasteiger partial charge is 0.164 e. The largest absolute Gasteiger partial charge is 0.309 e. The third-order valence-electron chi connectivity index (χ3n) is 25.5.